The molecule has 2 amide bonds. The zero-order valence-electron chi connectivity index (χ0n) is 16.5. The second kappa shape index (κ2) is 11.3. The van der Waals surface area contributed by atoms with Crippen LogP contribution >= 0.6 is 46.0 Å². The molecule has 2 N–H and O–H groups in total. The summed E-state index contributed by atoms with van der Waals surface area (Å²) in [6, 6.07) is 14.8. The van der Waals surface area contributed by atoms with Gasteiger partial charge in [-0.1, -0.05) is 41.6 Å². The highest BCUT2D eigenvalue weighted by atomic mass is 127. The lowest BCUT2D eigenvalue weighted by atomic mass is 10.2. The Kier molecular flexibility index (Phi) is 8.50. The van der Waals surface area contributed by atoms with Gasteiger partial charge in [-0.05, 0) is 64.6 Å². The molecule has 10 heteroatoms. The van der Waals surface area contributed by atoms with E-state index in [1.54, 1.807) is 23.8 Å². The third-order valence-electron chi connectivity index (χ3n) is 4.13. The van der Waals surface area contributed by atoms with Crippen LogP contribution in [0.5, 0.6) is 0 Å². The van der Waals surface area contributed by atoms with E-state index in [2.05, 4.69) is 43.4 Å². The maximum atomic E-state index is 12.2. The average Bonchev–Trinajstić information content (AvgIpc) is 3.11. The van der Waals surface area contributed by atoms with E-state index in [-0.39, 0.29) is 24.1 Å². The van der Waals surface area contributed by atoms with Gasteiger partial charge >= 0.3 is 0 Å². The lowest BCUT2D eigenvalue weighted by Gasteiger charge is -2.06. The molecule has 0 saturated heterocycles. The maximum absolute atomic E-state index is 12.2. The predicted molar refractivity (Wildman–Crippen MR) is 132 cm³/mol. The smallest absolute Gasteiger partial charge is 0.244 e. The fraction of sp³-hybridized carbons (Fsp3) is 0.143. The van der Waals surface area contributed by atoms with Crippen LogP contribution in [0.4, 0.5) is 5.69 Å². The number of hydrogen-bond acceptors (Lipinski definition) is 5. The normalized spacial score (nSPS) is 10.9. The Hall–Kier alpha value is -2.37. The topological polar surface area (TPSA) is 88.9 Å². The monoisotopic (exact) mass is 567 g/mol. The third kappa shape index (κ3) is 7.08. The first-order valence-electron chi connectivity index (χ1n) is 9.19. The summed E-state index contributed by atoms with van der Waals surface area (Å²) in [5.74, 6) is 0.382. The molecule has 0 aliphatic carbocycles. The predicted octanol–water partition coefficient (Wildman–Crippen LogP) is 4.13. The number of thioether (sulfide) groups is 1. The van der Waals surface area contributed by atoms with Crippen LogP contribution in [0.1, 0.15) is 11.4 Å². The van der Waals surface area contributed by atoms with Gasteiger partial charge in [-0.15, -0.1) is 10.2 Å². The molecular weight excluding hydrogens is 549 g/mol. The van der Waals surface area contributed by atoms with Gasteiger partial charge in [0.05, 0.1) is 12.3 Å². The zero-order chi connectivity index (χ0) is 22.2. The summed E-state index contributed by atoms with van der Waals surface area (Å²) in [6.07, 6.45) is 3.07. The van der Waals surface area contributed by atoms with Crippen molar-refractivity contribution in [3.8, 4) is 0 Å². The number of amides is 2. The average molecular weight is 568 g/mol. The van der Waals surface area contributed by atoms with Gasteiger partial charge in [0.2, 0.25) is 11.8 Å². The number of anilines is 1. The van der Waals surface area contributed by atoms with Crippen molar-refractivity contribution < 1.29 is 9.59 Å². The van der Waals surface area contributed by atoms with Crippen molar-refractivity contribution in [3.63, 3.8) is 0 Å². The number of halogens is 2. The molecule has 1 aromatic heterocycles. The van der Waals surface area contributed by atoms with Crippen molar-refractivity contribution in [2.24, 2.45) is 7.05 Å². The van der Waals surface area contributed by atoms with Crippen molar-refractivity contribution in [3.05, 3.63) is 74.6 Å². The third-order valence-corrected chi connectivity index (χ3v) is 6.21. The summed E-state index contributed by atoms with van der Waals surface area (Å²) < 4.78 is 2.85. The Morgan fingerprint density at radius 3 is 2.65 bits per heavy atom. The number of benzene rings is 2. The van der Waals surface area contributed by atoms with Gasteiger partial charge in [-0.25, -0.2) is 0 Å². The van der Waals surface area contributed by atoms with E-state index in [1.165, 1.54) is 17.8 Å². The van der Waals surface area contributed by atoms with Gasteiger partial charge in [0.25, 0.3) is 0 Å². The van der Waals surface area contributed by atoms with Crippen molar-refractivity contribution in [1.82, 2.24) is 20.1 Å². The second-order valence-corrected chi connectivity index (χ2v) is 8.97. The summed E-state index contributed by atoms with van der Waals surface area (Å²) >= 11 is 9.56. The van der Waals surface area contributed by atoms with Crippen molar-refractivity contribution in [2.45, 2.75) is 11.7 Å². The standard InChI is InChI=1S/C21H19ClIN5O2S/c1-28-18(12-24-19(29)11-6-14-4-2-3-5-17(14)22)26-27-21(28)31-13-20(30)25-16-9-7-15(23)8-10-16/h2-11H,12-13H2,1H3,(H,24,29)(H,25,30)/b11-6+. The molecule has 7 nitrogen and oxygen atoms in total. The van der Waals surface area contributed by atoms with Gasteiger partial charge < -0.3 is 15.2 Å². The number of nitrogens with one attached hydrogen (secondary N) is 2. The van der Waals surface area contributed by atoms with E-state index >= 15 is 0 Å². The highest BCUT2D eigenvalue weighted by Crippen LogP contribution is 2.18. The molecule has 0 unspecified atom stereocenters. The molecule has 31 heavy (non-hydrogen) atoms. The molecule has 2 aromatic carbocycles. The summed E-state index contributed by atoms with van der Waals surface area (Å²) in [6.45, 7) is 0.213. The molecular formula is C21H19ClIN5O2S. The van der Waals surface area contributed by atoms with Crippen LogP contribution in [0, 0.1) is 3.57 Å². The SMILES string of the molecule is Cn1c(CNC(=O)/C=C/c2ccccc2Cl)nnc1SCC(=O)Nc1ccc(I)cc1. The minimum atomic E-state index is -0.269. The van der Waals surface area contributed by atoms with Crippen LogP contribution in [0.3, 0.4) is 0 Å². The molecule has 0 aliphatic heterocycles. The Bertz CT molecular complexity index is 1100. The minimum absolute atomic E-state index is 0.131. The first kappa shape index (κ1) is 23.3. The van der Waals surface area contributed by atoms with E-state index in [0.717, 1.165) is 14.8 Å². The van der Waals surface area contributed by atoms with E-state index in [1.807, 2.05) is 42.5 Å². The largest absolute Gasteiger partial charge is 0.345 e. The Labute approximate surface area is 202 Å². The van der Waals surface area contributed by atoms with Crippen LogP contribution in [-0.4, -0.2) is 32.3 Å². The molecule has 0 aliphatic rings. The van der Waals surface area contributed by atoms with Crippen LogP contribution in [-0.2, 0) is 23.2 Å². The van der Waals surface area contributed by atoms with E-state index in [4.69, 9.17) is 11.6 Å². The van der Waals surface area contributed by atoms with Crippen molar-refractivity contribution >= 4 is 69.5 Å². The first-order valence-corrected chi connectivity index (χ1v) is 11.6. The molecule has 0 bridgehead atoms. The van der Waals surface area contributed by atoms with Crippen LogP contribution in [0.25, 0.3) is 6.08 Å². The van der Waals surface area contributed by atoms with E-state index < -0.39 is 0 Å². The van der Waals surface area contributed by atoms with Crippen LogP contribution < -0.4 is 10.6 Å². The number of aromatic nitrogens is 3. The van der Waals surface area contributed by atoms with Crippen molar-refractivity contribution in [1.29, 1.82) is 0 Å². The quantitative estimate of drug-likeness (QED) is 0.243. The number of carbonyl (C=O) groups excluding carboxylic acids is 2. The first-order chi connectivity index (χ1) is 14.9. The molecule has 0 fully saturated rings. The summed E-state index contributed by atoms with van der Waals surface area (Å²) in [4.78, 5) is 24.2. The fourth-order valence-corrected chi connectivity index (χ4v) is 3.77. The fourth-order valence-electron chi connectivity index (χ4n) is 2.49. The number of carbonyl (C=O) groups is 2. The maximum Gasteiger partial charge on any atom is 0.244 e. The molecule has 0 spiro atoms. The second-order valence-electron chi connectivity index (χ2n) is 6.37. The Morgan fingerprint density at radius 1 is 1.16 bits per heavy atom. The van der Waals surface area contributed by atoms with Gasteiger partial charge in [0, 0.05) is 27.4 Å². The molecule has 3 aromatic rings. The molecule has 3 rings (SSSR count). The lowest BCUT2D eigenvalue weighted by Crippen LogP contribution is -2.22. The summed E-state index contributed by atoms with van der Waals surface area (Å²) in [5, 5.41) is 15.0. The van der Waals surface area contributed by atoms with Crippen LogP contribution in [0.2, 0.25) is 5.02 Å². The molecule has 0 saturated carbocycles. The molecule has 0 atom stereocenters. The van der Waals surface area contributed by atoms with Gasteiger partial charge in [0.15, 0.2) is 11.0 Å². The Morgan fingerprint density at radius 2 is 1.90 bits per heavy atom. The minimum Gasteiger partial charge on any atom is -0.345 e. The highest BCUT2D eigenvalue weighted by Gasteiger charge is 2.12. The van der Waals surface area contributed by atoms with Gasteiger partial charge in [-0.2, -0.15) is 0 Å². The van der Waals surface area contributed by atoms with Gasteiger partial charge in [0.1, 0.15) is 0 Å². The van der Waals surface area contributed by atoms with Crippen LogP contribution in [0.15, 0.2) is 59.8 Å². The van der Waals surface area contributed by atoms with E-state index in [9.17, 15) is 9.59 Å². The Balaban J connectivity index is 1.48. The molecule has 0 radical (unpaired) electrons. The number of hydrogen-bond donors (Lipinski definition) is 2. The van der Waals surface area contributed by atoms with Crippen molar-refractivity contribution in [2.75, 3.05) is 11.1 Å². The van der Waals surface area contributed by atoms with Gasteiger partial charge in [-0.3, -0.25) is 9.59 Å². The molecule has 160 valence electrons. The highest BCUT2D eigenvalue weighted by molar-refractivity contribution is 14.1. The lowest BCUT2D eigenvalue weighted by molar-refractivity contribution is -0.116. The van der Waals surface area contributed by atoms with E-state index in [0.29, 0.717) is 16.0 Å². The number of nitrogens with zero attached hydrogens (tertiary/aromatic N) is 3. The zero-order valence-corrected chi connectivity index (χ0v) is 20.2. The summed E-state index contributed by atoms with van der Waals surface area (Å²) in [7, 11) is 1.79. The molecule has 1 heterocycles. The number of rotatable bonds is 8. The summed E-state index contributed by atoms with van der Waals surface area (Å²) in [5.41, 5.74) is 1.51.